The number of rotatable bonds is 2. The summed E-state index contributed by atoms with van der Waals surface area (Å²) < 4.78 is 1.49. The van der Waals surface area contributed by atoms with Gasteiger partial charge in [-0.25, -0.2) is 0 Å². The van der Waals surface area contributed by atoms with E-state index in [1.54, 1.807) is 13.1 Å². The molecule has 2 saturated heterocycles. The smallest absolute Gasteiger partial charge is 0.272 e. The highest BCUT2D eigenvalue weighted by atomic mass is 16.3. The third kappa shape index (κ3) is 2.80. The maximum absolute atomic E-state index is 12.8. The molecule has 7 nitrogen and oxygen atoms in total. The molecule has 136 valence electrons. The van der Waals surface area contributed by atoms with Crippen LogP contribution < -0.4 is 5.32 Å². The van der Waals surface area contributed by atoms with E-state index in [1.165, 1.54) is 30.0 Å². The first-order chi connectivity index (χ1) is 12.0. The van der Waals surface area contributed by atoms with Crippen molar-refractivity contribution in [2.45, 2.75) is 62.4 Å². The number of nitrogens with zero attached hydrogens (tertiary/aromatic N) is 3. The number of aryl methyl sites for hydroxylation is 1. The molecule has 2 fully saturated rings. The standard InChI is InChI=1S/C18H26N4O3/c1-21-11-4-3-5-12(21)9-10(8-11)19-18(25)15-13-6-7-14(23)17(24)16(13)22(2)20-15/h6-7,10-12,14,17,23-24H,3-5,8-9H2,1-2H3,(H,19,25)/t10?,11-,12+,14?,17?. The molecular weight excluding hydrogens is 320 g/mol. The van der Waals surface area contributed by atoms with Gasteiger partial charge in [0.15, 0.2) is 5.69 Å². The van der Waals surface area contributed by atoms with E-state index in [4.69, 9.17) is 0 Å². The molecule has 0 aromatic carbocycles. The van der Waals surface area contributed by atoms with Gasteiger partial charge in [0, 0.05) is 30.7 Å². The van der Waals surface area contributed by atoms with Gasteiger partial charge < -0.3 is 20.4 Å². The lowest BCUT2D eigenvalue weighted by Crippen LogP contribution is -2.55. The van der Waals surface area contributed by atoms with Crippen LogP contribution >= 0.6 is 0 Å². The summed E-state index contributed by atoms with van der Waals surface area (Å²) in [4.78, 5) is 15.3. The van der Waals surface area contributed by atoms with Crippen molar-refractivity contribution in [2.75, 3.05) is 7.05 Å². The van der Waals surface area contributed by atoms with E-state index < -0.39 is 12.2 Å². The largest absolute Gasteiger partial charge is 0.386 e. The molecule has 0 spiro atoms. The van der Waals surface area contributed by atoms with Crippen LogP contribution in [0, 0.1) is 0 Å². The van der Waals surface area contributed by atoms with E-state index in [9.17, 15) is 15.0 Å². The molecule has 1 amide bonds. The first-order valence-corrected chi connectivity index (χ1v) is 9.09. The van der Waals surface area contributed by atoms with Crippen LogP contribution in [-0.4, -0.2) is 62.1 Å². The van der Waals surface area contributed by atoms with E-state index in [-0.39, 0.29) is 11.9 Å². The topological polar surface area (TPSA) is 90.6 Å². The number of carbonyl (C=O) groups excluding carboxylic acids is 1. The van der Waals surface area contributed by atoms with E-state index in [0.29, 0.717) is 29.0 Å². The van der Waals surface area contributed by atoms with Crippen molar-refractivity contribution in [1.82, 2.24) is 20.0 Å². The number of nitrogens with one attached hydrogen (secondary N) is 1. The summed E-state index contributed by atoms with van der Waals surface area (Å²) in [5.74, 6) is -0.197. The molecule has 5 atom stereocenters. The number of hydrogen-bond acceptors (Lipinski definition) is 5. The number of carbonyl (C=O) groups is 1. The fourth-order valence-corrected chi connectivity index (χ4v) is 4.69. The zero-order valence-electron chi connectivity index (χ0n) is 14.7. The Labute approximate surface area is 147 Å². The van der Waals surface area contributed by atoms with E-state index in [1.807, 2.05) is 0 Å². The van der Waals surface area contributed by atoms with Crippen LogP contribution in [0.1, 0.15) is 60.0 Å². The number of aromatic nitrogens is 2. The number of piperidine rings is 2. The Morgan fingerprint density at radius 1 is 1.24 bits per heavy atom. The van der Waals surface area contributed by atoms with Gasteiger partial charge in [0.2, 0.25) is 0 Å². The minimum absolute atomic E-state index is 0.166. The van der Waals surface area contributed by atoms with Gasteiger partial charge in [-0.2, -0.15) is 5.10 Å². The summed E-state index contributed by atoms with van der Waals surface area (Å²) in [6.45, 7) is 0. The van der Waals surface area contributed by atoms with E-state index in [2.05, 4.69) is 22.4 Å². The predicted molar refractivity (Wildman–Crippen MR) is 92.9 cm³/mol. The van der Waals surface area contributed by atoms with Gasteiger partial charge in [-0.1, -0.05) is 18.6 Å². The minimum Gasteiger partial charge on any atom is -0.386 e. The number of amides is 1. The molecule has 1 aromatic heterocycles. The van der Waals surface area contributed by atoms with Crippen LogP contribution in [0.25, 0.3) is 6.08 Å². The summed E-state index contributed by atoms with van der Waals surface area (Å²) in [5.41, 5.74) is 1.41. The molecule has 2 bridgehead atoms. The van der Waals surface area contributed by atoms with E-state index >= 15 is 0 Å². The van der Waals surface area contributed by atoms with Crippen LogP contribution in [0.3, 0.4) is 0 Å². The molecule has 3 heterocycles. The fraction of sp³-hybridized carbons (Fsp3) is 0.667. The molecule has 7 heteroatoms. The van der Waals surface area contributed by atoms with Gasteiger partial charge in [-0.05, 0) is 32.7 Å². The first-order valence-electron chi connectivity index (χ1n) is 9.09. The average molecular weight is 346 g/mol. The molecule has 2 aliphatic heterocycles. The molecule has 1 aliphatic carbocycles. The molecule has 0 radical (unpaired) electrons. The van der Waals surface area contributed by atoms with Gasteiger partial charge >= 0.3 is 0 Å². The maximum Gasteiger partial charge on any atom is 0.272 e. The second-order valence-electron chi connectivity index (χ2n) is 7.61. The second kappa shape index (κ2) is 6.23. The molecule has 25 heavy (non-hydrogen) atoms. The Morgan fingerprint density at radius 3 is 2.60 bits per heavy atom. The molecule has 1 aromatic rings. The zero-order chi connectivity index (χ0) is 17.7. The maximum atomic E-state index is 12.8. The molecule has 3 aliphatic rings. The van der Waals surface area contributed by atoms with Crippen LogP contribution in [0.4, 0.5) is 0 Å². The third-order valence-electron chi connectivity index (χ3n) is 6.08. The second-order valence-corrected chi connectivity index (χ2v) is 7.61. The monoisotopic (exact) mass is 346 g/mol. The van der Waals surface area contributed by atoms with Crippen LogP contribution in [0.5, 0.6) is 0 Å². The summed E-state index contributed by atoms with van der Waals surface area (Å²) in [6, 6.07) is 1.26. The SMILES string of the molecule is CN1[C@@H]2CCC[C@H]1CC(NC(=O)c1nn(C)c3c1C=CC(O)C3O)C2. The summed E-state index contributed by atoms with van der Waals surface area (Å²) in [6.07, 6.45) is 6.79. The normalized spacial score (nSPS) is 34.6. The van der Waals surface area contributed by atoms with Crippen molar-refractivity contribution in [2.24, 2.45) is 7.05 Å². The summed E-state index contributed by atoms with van der Waals surface area (Å²) in [7, 11) is 3.88. The van der Waals surface area contributed by atoms with Gasteiger partial charge in [-0.3, -0.25) is 9.48 Å². The van der Waals surface area contributed by atoms with Crippen molar-refractivity contribution < 1.29 is 15.0 Å². The Balaban J connectivity index is 1.53. The van der Waals surface area contributed by atoms with Gasteiger partial charge in [0.1, 0.15) is 12.2 Å². The number of fused-ring (bicyclic) bond motifs is 3. The lowest BCUT2D eigenvalue weighted by molar-refractivity contribution is 0.0415. The highest BCUT2D eigenvalue weighted by Crippen LogP contribution is 2.33. The Bertz CT molecular complexity index is 699. The van der Waals surface area contributed by atoms with Gasteiger partial charge in [-0.15, -0.1) is 0 Å². The Kier molecular flexibility index (Phi) is 4.17. The average Bonchev–Trinajstić information content (AvgIpc) is 2.89. The highest BCUT2D eigenvalue weighted by Gasteiger charge is 2.37. The molecule has 4 rings (SSSR count). The highest BCUT2D eigenvalue weighted by molar-refractivity contribution is 5.96. The van der Waals surface area contributed by atoms with Crippen molar-refractivity contribution in [3.63, 3.8) is 0 Å². The third-order valence-corrected chi connectivity index (χ3v) is 6.08. The predicted octanol–water partition coefficient (Wildman–Crippen LogP) is 0.586. The summed E-state index contributed by atoms with van der Waals surface area (Å²) >= 11 is 0. The van der Waals surface area contributed by atoms with Crippen LogP contribution in [0.15, 0.2) is 6.08 Å². The van der Waals surface area contributed by atoms with Crippen molar-refractivity contribution in [1.29, 1.82) is 0 Å². The molecule has 3 N–H and O–H groups in total. The molecular formula is C18H26N4O3. The summed E-state index contributed by atoms with van der Waals surface area (Å²) in [5, 5.41) is 27.4. The lowest BCUT2D eigenvalue weighted by Gasteiger charge is -2.47. The minimum atomic E-state index is -1.05. The fourth-order valence-electron chi connectivity index (χ4n) is 4.69. The van der Waals surface area contributed by atoms with Gasteiger partial charge in [0.05, 0.1) is 5.69 Å². The Hall–Kier alpha value is -1.70. The van der Waals surface area contributed by atoms with Crippen molar-refractivity contribution in [3.05, 3.63) is 23.0 Å². The molecule has 3 unspecified atom stereocenters. The number of aliphatic hydroxyl groups is 2. The van der Waals surface area contributed by atoms with Crippen LogP contribution in [-0.2, 0) is 7.05 Å². The van der Waals surface area contributed by atoms with E-state index in [0.717, 1.165) is 12.8 Å². The van der Waals surface area contributed by atoms with Crippen LogP contribution in [0.2, 0.25) is 0 Å². The first kappa shape index (κ1) is 16.8. The quantitative estimate of drug-likeness (QED) is 0.729. The number of hydrogen-bond donors (Lipinski definition) is 3. The lowest BCUT2D eigenvalue weighted by atomic mass is 9.82. The Morgan fingerprint density at radius 2 is 1.92 bits per heavy atom. The van der Waals surface area contributed by atoms with Crippen molar-refractivity contribution >= 4 is 12.0 Å². The zero-order valence-corrected chi connectivity index (χ0v) is 14.7. The van der Waals surface area contributed by atoms with Crippen molar-refractivity contribution in [3.8, 4) is 0 Å². The molecule has 0 saturated carbocycles. The van der Waals surface area contributed by atoms with Gasteiger partial charge in [0.25, 0.3) is 5.91 Å². The number of aliphatic hydroxyl groups excluding tert-OH is 2.